The second-order valence-corrected chi connectivity index (χ2v) is 5.36. The molecule has 2 aromatic heterocycles. The van der Waals surface area contributed by atoms with Gasteiger partial charge in [0.2, 0.25) is 5.28 Å². The number of aromatic hydroxyl groups is 1. The molecule has 1 aliphatic rings. The summed E-state index contributed by atoms with van der Waals surface area (Å²) in [7, 11) is 0. The van der Waals surface area contributed by atoms with Crippen LogP contribution in [0.15, 0.2) is 30.6 Å². The molecule has 0 unspecified atom stereocenters. The lowest BCUT2D eigenvalue weighted by atomic mass is 10.0. The van der Waals surface area contributed by atoms with E-state index in [1.165, 1.54) is 17.3 Å². The van der Waals surface area contributed by atoms with Crippen molar-refractivity contribution in [3.05, 3.63) is 41.4 Å². The number of aromatic nitrogens is 3. The average Bonchev–Trinajstić information content (AvgIpc) is 2.83. The molecule has 0 spiro atoms. The Morgan fingerprint density at radius 3 is 3.10 bits per heavy atom. The van der Waals surface area contributed by atoms with E-state index in [-0.39, 0.29) is 11.0 Å². The highest BCUT2D eigenvalue weighted by molar-refractivity contribution is 6.28. The fourth-order valence-corrected chi connectivity index (χ4v) is 3.13. The van der Waals surface area contributed by atoms with Crippen molar-refractivity contribution in [2.45, 2.75) is 19.4 Å². The van der Waals surface area contributed by atoms with Crippen LogP contribution >= 0.6 is 11.6 Å². The molecule has 1 aromatic carbocycles. The summed E-state index contributed by atoms with van der Waals surface area (Å²) in [6.07, 6.45) is 5.62. The van der Waals surface area contributed by atoms with Gasteiger partial charge in [0.05, 0.1) is 11.7 Å². The zero-order valence-corrected chi connectivity index (χ0v) is 11.4. The van der Waals surface area contributed by atoms with Gasteiger partial charge in [-0.2, -0.15) is 0 Å². The van der Waals surface area contributed by atoms with E-state index in [2.05, 4.69) is 32.7 Å². The first-order valence-electron chi connectivity index (χ1n) is 6.56. The van der Waals surface area contributed by atoms with Crippen molar-refractivity contribution in [1.29, 1.82) is 0 Å². The van der Waals surface area contributed by atoms with Crippen LogP contribution in [0.1, 0.15) is 12.0 Å². The average molecular weight is 286 g/mol. The highest BCUT2D eigenvalue weighted by Gasteiger charge is 2.19. The second-order valence-electron chi connectivity index (χ2n) is 5.03. The zero-order valence-electron chi connectivity index (χ0n) is 10.7. The molecule has 100 valence electrons. The van der Waals surface area contributed by atoms with Crippen molar-refractivity contribution in [3.8, 4) is 17.0 Å². The third-order valence-electron chi connectivity index (χ3n) is 3.82. The Balaban J connectivity index is 2.07. The van der Waals surface area contributed by atoms with Gasteiger partial charge in [0.1, 0.15) is 5.69 Å². The zero-order chi connectivity index (χ0) is 13.7. The van der Waals surface area contributed by atoms with E-state index in [9.17, 15) is 5.11 Å². The Morgan fingerprint density at radius 1 is 1.30 bits per heavy atom. The molecule has 1 N–H and O–H groups in total. The Morgan fingerprint density at radius 2 is 2.20 bits per heavy atom. The van der Waals surface area contributed by atoms with E-state index >= 15 is 0 Å². The minimum absolute atomic E-state index is 0.0538. The van der Waals surface area contributed by atoms with Crippen LogP contribution in [-0.2, 0) is 13.0 Å². The highest BCUT2D eigenvalue weighted by Crippen LogP contribution is 2.37. The van der Waals surface area contributed by atoms with Crippen LogP contribution in [0, 0.1) is 0 Å². The van der Waals surface area contributed by atoms with Crippen LogP contribution in [0.2, 0.25) is 5.28 Å². The van der Waals surface area contributed by atoms with Gasteiger partial charge in [-0.1, -0.05) is 18.2 Å². The summed E-state index contributed by atoms with van der Waals surface area (Å²) in [5.74, 6) is 0.0538. The molecule has 0 amide bonds. The molecular formula is C15H12ClN3O. The molecule has 0 radical (unpaired) electrons. The third-order valence-corrected chi connectivity index (χ3v) is 4.00. The van der Waals surface area contributed by atoms with Gasteiger partial charge in [-0.15, -0.1) is 0 Å². The monoisotopic (exact) mass is 285 g/mol. The first-order chi connectivity index (χ1) is 9.74. The molecule has 1 aliphatic heterocycles. The lowest BCUT2D eigenvalue weighted by Crippen LogP contribution is -2.05. The lowest BCUT2D eigenvalue weighted by Gasteiger charge is -2.14. The predicted molar refractivity (Wildman–Crippen MR) is 78.0 cm³/mol. The summed E-state index contributed by atoms with van der Waals surface area (Å²) in [5, 5.41) is 11.3. The molecule has 0 fully saturated rings. The van der Waals surface area contributed by atoms with E-state index < -0.39 is 0 Å². The van der Waals surface area contributed by atoms with Crippen molar-refractivity contribution in [2.24, 2.45) is 0 Å². The summed E-state index contributed by atoms with van der Waals surface area (Å²) in [6.45, 7) is 0.993. The minimum Gasteiger partial charge on any atom is -0.504 e. The van der Waals surface area contributed by atoms with Crippen LogP contribution in [0.5, 0.6) is 5.75 Å². The molecule has 0 saturated heterocycles. The number of rotatable bonds is 1. The van der Waals surface area contributed by atoms with Crippen LogP contribution in [-0.4, -0.2) is 19.6 Å². The molecule has 20 heavy (non-hydrogen) atoms. The van der Waals surface area contributed by atoms with E-state index in [1.807, 2.05) is 6.20 Å². The molecule has 4 nitrogen and oxygen atoms in total. The summed E-state index contributed by atoms with van der Waals surface area (Å²) < 4.78 is 2.24. The van der Waals surface area contributed by atoms with Gasteiger partial charge in [0, 0.05) is 23.7 Å². The number of halogens is 1. The largest absolute Gasteiger partial charge is 0.504 e. The lowest BCUT2D eigenvalue weighted by molar-refractivity contribution is 0.472. The Kier molecular flexibility index (Phi) is 2.47. The van der Waals surface area contributed by atoms with Gasteiger partial charge in [-0.3, -0.25) is 0 Å². The van der Waals surface area contributed by atoms with Crippen molar-refractivity contribution in [2.75, 3.05) is 0 Å². The predicted octanol–water partition coefficient (Wildman–Crippen LogP) is 3.40. The third kappa shape index (κ3) is 1.61. The number of hydrogen-bond acceptors (Lipinski definition) is 3. The van der Waals surface area contributed by atoms with Crippen LogP contribution in [0.25, 0.3) is 22.2 Å². The number of para-hydroxylation sites is 1. The quantitative estimate of drug-likeness (QED) is 0.697. The maximum Gasteiger partial charge on any atom is 0.223 e. The van der Waals surface area contributed by atoms with E-state index in [0.29, 0.717) is 5.69 Å². The van der Waals surface area contributed by atoms with Gasteiger partial charge < -0.3 is 9.67 Å². The first-order valence-corrected chi connectivity index (χ1v) is 6.94. The van der Waals surface area contributed by atoms with Crippen molar-refractivity contribution >= 4 is 22.5 Å². The van der Waals surface area contributed by atoms with E-state index in [0.717, 1.165) is 30.3 Å². The molecule has 0 bridgehead atoms. The van der Waals surface area contributed by atoms with Gasteiger partial charge in [-0.05, 0) is 30.0 Å². The fourth-order valence-electron chi connectivity index (χ4n) is 3.00. The smallest absolute Gasteiger partial charge is 0.223 e. The van der Waals surface area contributed by atoms with Crippen LogP contribution < -0.4 is 0 Å². The van der Waals surface area contributed by atoms with Gasteiger partial charge in [0.25, 0.3) is 0 Å². The molecule has 3 heterocycles. The number of nitrogens with zero attached hydrogens (tertiary/aromatic N) is 3. The fraction of sp³-hybridized carbons (Fsp3) is 0.200. The first kappa shape index (κ1) is 11.7. The maximum atomic E-state index is 10.0. The molecule has 0 aliphatic carbocycles. The topological polar surface area (TPSA) is 50.9 Å². The Hall–Kier alpha value is -2.07. The molecule has 5 heteroatoms. The molecule has 4 rings (SSSR count). The summed E-state index contributed by atoms with van der Waals surface area (Å²) in [4.78, 5) is 7.98. The molecule has 3 aromatic rings. The Labute approximate surface area is 120 Å². The molecule has 0 atom stereocenters. The van der Waals surface area contributed by atoms with Gasteiger partial charge >= 0.3 is 0 Å². The highest BCUT2D eigenvalue weighted by atomic mass is 35.5. The summed E-state index contributed by atoms with van der Waals surface area (Å²) >= 11 is 5.86. The number of hydrogen-bond donors (Lipinski definition) is 1. The number of benzene rings is 1. The SMILES string of the molecule is Oc1cnc(Cl)nc1-c1cn2c3c(cccc13)CCC2. The summed E-state index contributed by atoms with van der Waals surface area (Å²) in [5.41, 5.74) is 3.99. The second kappa shape index (κ2) is 4.21. The standard InChI is InChI=1S/C15H12ClN3O/c16-15-17-7-12(20)13(18-15)11-8-19-6-2-4-9-3-1-5-10(11)14(9)19/h1,3,5,7-8,20H,2,4,6H2. The van der Waals surface area contributed by atoms with Gasteiger partial charge in [0.15, 0.2) is 5.75 Å². The Bertz CT molecular complexity index is 825. The van der Waals surface area contributed by atoms with Crippen molar-refractivity contribution < 1.29 is 5.11 Å². The normalized spacial score (nSPS) is 13.8. The van der Waals surface area contributed by atoms with E-state index in [1.54, 1.807) is 0 Å². The van der Waals surface area contributed by atoms with Crippen molar-refractivity contribution in [1.82, 2.24) is 14.5 Å². The molecular weight excluding hydrogens is 274 g/mol. The van der Waals surface area contributed by atoms with Gasteiger partial charge in [-0.25, -0.2) is 9.97 Å². The summed E-state index contributed by atoms with van der Waals surface area (Å²) in [6, 6.07) is 6.27. The maximum absolute atomic E-state index is 10.0. The minimum atomic E-state index is 0.0538. The van der Waals surface area contributed by atoms with E-state index in [4.69, 9.17) is 11.6 Å². The van der Waals surface area contributed by atoms with Crippen LogP contribution in [0.3, 0.4) is 0 Å². The van der Waals surface area contributed by atoms with Crippen molar-refractivity contribution in [3.63, 3.8) is 0 Å². The van der Waals surface area contributed by atoms with Crippen LogP contribution in [0.4, 0.5) is 0 Å². The molecule has 0 saturated carbocycles. The number of aryl methyl sites for hydroxylation is 2.